The summed E-state index contributed by atoms with van der Waals surface area (Å²) < 4.78 is 55.5. The fourth-order valence-corrected chi connectivity index (χ4v) is 4.32. The van der Waals surface area contributed by atoms with Crippen LogP contribution in [0.5, 0.6) is 0 Å². The van der Waals surface area contributed by atoms with Gasteiger partial charge in [0.25, 0.3) is 5.91 Å². The van der Waals surface area contributed by atoms with Crippen molar-refractivity contribution in [3.63, 3.8) is 0 Å². The summed E-state index contributed by atoms with van der Waals surface area (Å²) in [5, 5.41) is 6.85. The van der Waals surface area contributed by atoms with Crippen LogP contribution < -0.4 is 5.32 Å². The van der Waals surface area contributed by atoms with E-state index in [0.717, 1.165) is 30.4 Å². The maximum Gasteiger partial charge on any atom is 0.410 e. The molecule has 4 rings (SSSR count). The number of rotatable bonds is 2. The van der Waals surface area contributed by atoms with Gasteiger partial charge in [0.05, 0.1) is 6.04 Å². The van der Waals surface area contributed by atoms with Crippen LogP contribution in [0.1, 0.15) is 60.2 Å². The zero-order valence-electron chi connectivity index (χ0n) is 16.1. The highest BCUT2D eigenvalue weighted by Gasteiger charge is 2.48. The van der Waals surface area contributed by atoms with E-state index >= 15 is 0 Å². The molecule has 162 valence electrons. The molecule has 0 aliphatic carbocycles. The molecule has 0 radical (unpaired) electrons. The van der Waals surface area contributed by atoms with Gasteiger partial charge in [-0.2, -0.15) is 18.3 Å². The average Bonchev–Trinajstić information content (AvgIpc) is 2.88. The molecular formula is C20H21ClF4N4O. The topological polar surface area (TPSA) is 50.2 Å². The van der Waals surface area contributed by atoms with Gasteiger partial charge in [-0.15, -0.1) is 0 Å². The average molecular weight is 445 g/mol. The molecule has 2 atom stereocenters. The van der Waals surface area contributed by atoms with Crippen LogP contribution in [0.25, 0.3) is 0 Å². The van der Waals surface area contributed by atoms with Gasteiger partial charge in [0, 0.05) is 19.5 Å². The number of carbonyl (C=O) groups excluding carboxylic acids is 1. The second kappa shape index (κ2) is 8.09. The first kappa shape index (κ1) is 21.0. The summed E-state index contributed by atoms with van der Waals surface area (Å²) in [5.41, 5.74) is 0.324. The summed E-state index contributed by atoms with van der Waals surface area (Å²) in [6.45, 7) is 1.07. The molecule has 1 fully saturated rings. The van der Waals surface area contributed by atoms with Gasteiger partial charge in [-0.1, -0.05) is 36.6 Å². The smallest absolute Gasteiger partial charge is 0.362 e. The summed E-state index contributed by atoms with van der Waals surface area (Å²) in [6, 6.07) is 2.56. The predicted octanol–water partition coefficient (Wildman–Crippen LogP) is 5.35. The third kappa shape index (κ3) is 3.99. The molecule has 0 unspecified atom stereocenters. The number of hydrogen-bond donors (Lipinski definition) is 1. The third-order valence-corrected chi connectivity index (χ3v) is 6.02. The number of likely N-dealkylation sites (tertiary alicyclic amines) is 1. The van der Waals surface area contributed by atoms with Crippen molar-refractivity contribution in [2.24, 2.45) is 0 Å². The quantitative estimate of drug-likeness (QED) is 0.635. The van der Waals surface area contributed by atoms with Gasteiger partial charge in [0.1, 0.15) is 16.7 Å². The highest BCUT2D eigenvalue weighted by atomic mass is 35.5. The SMILES string of the molecule is O=C(c1nn2c(c1Cl)N[C@@H](c1ccc(F)cc1)C[C@H]2C(F)(F)F)N1CCCCCC1. The molecule has 1 N–H and O–H groups in total. The van der Waals surface area contributed by atoms with Crippen molar-refractivity contribution in [2.75, 3.05) is 18.4 Å². The molecule has 2 aromatic rings. The third-order valence-electron chi connectivity index (χ3n) is 5.66. The normalized spacial score (nSPS) is 22.2. The molecule has 0 bridgehead atoms. The zero-order chi connectivity index (χ0) is 21.5. The highest BCUT2D eigenvalue weighted by Crippen LogP contribution is 2.46. The maximum absolute atomic E-state index is 13.8. The van der Waals surface area contributed by atoms with Gasteiger partial charge < -0.3 is 10.2 Å². The lowest BCUT2D eigenvalue weighted by Gasteiger charge is -2.33. The number of hydrogen-bond acceptors (Lipinski definition) is 3. The largest absolute Gasteiger partial charge is 0.410 e. The maximum atomic E-state index is 13.8. The second-order valence-corrected chi connectivity index (χ2v) is 8.08. The van der Waals surface area contributed by atoms with Crippen molar-refractivity contribution in [3.8, 4) is 0 Å². The van der Waals surface area contributed by atoms with Crippen molar-refractivity contribution in [3.05, 3.63) is 46.4 Å². The van der Waals surface area contributed by atoms with E-state index in [1.165, 1.54) is 24.3 Å². The minimum absolute atomic E-state index is 0.0438. The molecular weight excluding hydrogens is 424 g/mol. The first-order chi connectivity index (χ1) is 14.3. The van der Waals surface area contributed by atoms with Crippen molar-refractivity contribution in [1.82, 2.24) is 14.7 Å². The van der Waals surface area contributed by atoms with E-state index in [-0.39, 0.29) is 23.0 Å². The number of anilines is 1. The van der Waals surface area contributed by atoms with Gasteiger partial charge in [0.2, 0.25) is 0 Å². The van der Waals surface area contributed by atoms with E-state index in [9.17, 15) is 22.4 Å². The van der Waals surface area contributed by atoms with Gasteiger partial charge in [-0.25, -0.2) is 9.07 Å². The predicted molar refractivity (Wildman–Crippen MR) is 104 cm³/mol. The minimum Gasteiger partial charge on any atom is -0.362 e. The molecule has 5 nitrogen and oxygen atoms in total. The van der Waals surface area contributed by atoms with Crippen LogP contribution >= 0.6 is 11.6 Å². The van der Waals surface area contributed by atoms with Crippen LogP contribution in [0.3, 0.4) is 0 Å². The monoisotopic (exact) mass is 444 g/mol. The Hall–Kier alpha value is -2.29. The summed E-state index contributed by atoms with van der Waals surface area (Å²) in [4.78, 5) is 14.6. The lowest BCUT2D eigenvalue weighted by Crippen LogP contribution is -2.36. The summed E-state index contributed by atoms with van der Waals surface area (Å²) in [7, 11) is 0. The van der Waals surface area contributed by atoms with Gasteiger partial charge in [-0.05, 0) is 30.5 Å². The molecule has 3 heterocycles. The summed E-state index contributed by atoms with van der Waals surface area (Å²) in [5.74, 6) is -0.974. The van der Waals surface area contributed by atoms with Crippen LogP contribution in [0.2, 0.25) is 5.02 Å². The van der Waals surface area contributed by atoms with E-state index in [4.69, 9.17) is 11.6 Å². The van der Waals surface area contributed by atoms with E-state index in [2.05, 4.69) is 10.4 Å². The Labute approximate surface area is 176 Å². The fourth-order valence-electron chi connectivity index (χ4n) is 4.06. The first-order valence-electron chi connectivity index (χ1n) is 9.91. The number of nitrogens with one attached hydrogen (secondary N) is 1. The van der Waals surface area contributed by atoms with Crippen LogP contribution in [0.4, 0.5) is 23.4 Å². The number of alkyl halides is 3. The van der Waals surface area contributed by atoms with Gasteiger partial charge in [-0.3, -0.25) is 4.79 Å². The second-order valence-electron chi connectivity index (χ2n) is 7.70. The van der Waals surface area contributed by atoms with Gasteiger partial charge in [0.15, 0.2) is 11.7 Å². The lowest BCUT2D eigenvalue weighted by molar-refractivity contribution is -0.173. The Kier molecular flexibility index (Phi) is 5.65. The minimum atomic E-state index is -4.59. The number of nitrogens with zero attached hydrogens (tertiary/aromatic N) is 3. The molecule has 2 aliphatic rings. The Morgan fingerprint density at radius 2 is 1.73 bits per heavy atom. The molecule has 30 heavy (non-hydrogen) atoms. The fraction of sp³-hybridized carbons (Fsp3) is 0.500. The van der Waals surface area contributed by atoms with E-state index < -0.39 is 30.0 Å². The Bertz CT molecular complexity index is 920. The van der Waals surface area contributed by atoms with Crippen molar-refractivity contribution >= 4 is 23.3 Å². The number of aromatic nitrogens is 2. The Balaban J connectivity index is 1.70. The zero-order valence-corrected chi connectivity index (χ0v) is 16.8. The summed E-state index contributed by atoms with van der Waals surface area (Å²) in [6.07, 6.45) is -1.24. The molecule has 2 aliphatic heterocycles. The van der Waals surface area contributed by atoms with Crippen LogP contribution in [-0.2, 0) is 0 Å². The summed E-state index contributed by atoms with van der Waals surface area (Å²) >= 11 is 6.37. The Morgan fingerprint density at radius 1 is 1.10 bits per heavy atom. The van der Waals surface area contributed by atoms with Crippen LogP contribution in [0, 0.1) is 5.82 Å². The van der Waals surface area contributed by atoms with Crippen molar-refractivity contribution in [2.45, 2.75) is 50.4 Å². The van der Waals surface area contributed by atoms with Crippen molar-refractivity contribution < 1.29 is 22.4 Å². The molecule has 1 aromatic heterocycles. The standard InChI is InChI=1S/C20H21ClF4N4O/c21-16-17(19(30)28-9-3-1-2-4-10-28)27-29-15(20(23,24)25)11-14(26-18(16)29)12-5-7-13(22)8-6-12/h5-8,14-15,26H,1-4,9-11H2/t14-,15+/m1/s1. The van der Waals surface area contributed by atoms with E-state index in [0.29, 0.717) is 18.7 Å². The molecule has 0 saturated carbocycles. The lowest BCUT2D eigenvalue weighted by atomic mass is 9.97. The van der Waals surface area contributed by atoms with E-state index in [1.54, 1.807) is 4.90 Å². The number of fused-ring (bicyclic) bond motifs is 1. The van der Waals surface area contributed by atoms with Gasteiger partial charge >= 0.3 is 6.18 Å². The van der Waals surface area contributed by atoms with Crippen molar-refractivity contribution in [1.29, 1.82) is 0 Å². The number of carbonyl (C=O) groups is 1. The number of amides is 1. The first-order valence-corrected chi connectivity index (χ1v) is 10.3. The molecule has 10 heteroatoms. The molecule has 0 spiro atoms. The molecule has 1 aromatic carbocycles. The Morgan fingerprint density at radius 3 is 2.33 bits per heavy atom. The van der Waals surface area contributed by atoms with Crippen LogP contribution in [-0.4, -0.2) is 39.9 Å². The highest BCUT2D eigenvalue weighted by molar-refractivity contribution is 6.36. The molecule has 1 amide bonds. The number of halogens is 5. The number of benzene rings is 1. The van der Waals surface area contributed by atoms with E-state index in [1.807, 2.05) is 0 Å². The molecule has 1 saturated heterocycles. The van der Waals surface area contributed by atoms with Crippen LogP contribution in [0.15, 0.2) is 24.3 Å².